The summed E-state index contributed by atoms with van der Waals surface area (Å²) in [6.07, 6.45) is -0.881. The van der Waals surface area contributed by atoms with Crippen LogP contribution in [0.15, 0.2) is 59.5 Å². The van der Waals surface area contributed by atoms with Crippen LogP contribution in [0.5, 0.6) is 0 Å². The highest BCUT2D eigenvalue weighted by Crippen LogP contribution is 2.27. The number of nitro groups is 1. The van der Waals surface area contributed by atoms with Crippen LogP contribution in [0.4, 0.5) is 10.5 Å². The van der Waals surface area contributed by atoms with Gasteiger partial charge in [0.1, 0.15) is 6.61 Å². The highest BCUT2D eigenvalue weighted by molar-refractivity contribution is 7.89. The Balaban J connectivity index is 1.82. The minimum absolute atomic E-state index is 0.0276. The van der Waals surface area contributed by atoms with Crippen LogP contribution in [0.25, 0.3) is 0 Å². The quantitative estimate of drug-likeness (QED) is 0.303. The Morgan fingerprint density at radius 3 is 2.31 bits per heavy atom. The van der Waals surface area contributed by atoms with E-state index in [0.717, 1.165) is 17.7 Å². The van der Waals surface area contributed by atoms with Gasteiger partial charge < -0.3 is 9.47 Å². The molecule has 35 heavy (non-hydrogen) atoms. The number of carbonyl (C=O) groups excluding carboxylic acids is 2. The molecule has 188 valence electrons. The number of hydrogen-bond acceptors (Lipinski definition) is 8. The number of amides is 1. The molecule has 0 spiro atoms. The number of rotatable bonds is 8. The van der Waals surface area contributed by atoms with Crippen molar-refractivity contribution in [3.05, 3.63) is 70.3 Å². The van der Waals surface area contributed by atoms with Gasteiger partial charge in [-0.1, -0.05) is 30.3 Å². The van der Waals surface area contributed by atoms with E-state index in [0.29, 0.717) is 0 Å². The van der Waals surface area contributed by atoms with Crippen molar-refractivity contribution in [2.24, 2.45) is 0 Å². The highest BCUT2D eigenvalue weighted by Gasteiger charge is 2.42. The second kappa shape index (κ2) is 11.3. The van der Waals surface area contributed by atoms with E-state index in [1.54, 1.807) is 13.8 Å². The Hall–Kier alpha value is -3.51. The zero-order valence-corrected chi connectivity index (χ0v) is 20.2. The lowest BCUT2D eigenvalue weighted by Crippen LogP contribution is -2.61. The minimum atomic E-state index is -4.04. The molecule has 0 radical (unpaired) electrons. The fourth-order valence-electron chi connectivity index (χ4n) is 3.92. The van der Waals surface area contributed by atoms with Crippen LogP contribution in [0.3, 0.4) is 0 Å². The van der Waals surface area contributed by atoms with Gasteiger partial charge in [0.15, 0.2) is 0 Å². The van der Waals surface area contributed by atoms with Gasteiger partial charge in [-0.15, -0.1) is 0 Å². The fourth-order valence-corrected chi connectivity index (χ4v) is 5.48. The summed E-state index contributed by atoms with van der Waals surface area (Å²) >= 11 is 0. The van der Waals surface area contributed by atoms with Crippen molar-refractivity contribution in [1.82, 2.24) is 9.21 Å². The van der Waals surface area contributed by atoms with Crippen molar-refractivity contribution in [2.75, 3.05) is 19.7 Å². The molecule has 0 aliphatic carbocycles. The van der Waals surface area contributed by atoms with Gasteiger partial charge in [0, 0.05) is 31.3 Å². The molecule has 0 saturated carbocycles. The molecule has 0 N–H and O–H groups in total. The van der Waals surface area contributed by atoms with E-state index >= 15 is 0 Å². The summed E-state index contributed by atoms with van der Waals surface area (Å²) in [5, 5.41) is 10.9. The second-order valence-electron chi connectivity index (χ2n) is 8.03. The van der Waals surface area contributed by atoms with E-state index in [2.05, 4.69) is 0 Å². The summed E-state index contributed by atoms with van der Waals surface area (Å²) < 4.78 is 38.2. The lowest BCUT2D eigenvalue weighted by molar-refractivity contribution is -0.384. The van der Waals surface area contributed by atoms with Crippen LogP contribution >= 0.6 is 0 Å². The number of non-ortho nitro benzene ring substituents is 1. The molecular formula is C23H27N3O8S. The number of benzene rings is 2. The smallest absolute Gasteiger partial charge is 0.410 e. The van der Waals surface area contributed by atoms with Crippen LogP contribution in [0.2, 0.25) is 0 Å². The second-order valence-corrected chi connectivity index (χ2v) is 9.97. The topological polar surface area (TPSA) is 136 Å². The third-order valence-corrected chi connectivity index (χ3v) is 7.41. The highest BCUT2D eigenvalue weighted by atomic mass is 32.2. The Morgan fingerprint density at radius 1 is 1.06 bits per heavy atom. The summed E-state index contributed by atoms with van der Waals surface area (Å²) in [4.78, 5) is 36.8. The number of nitro benzene ring substituents is 1. The molecule has 0 unspecified atom stereocenters. The van der Waals surface area contributed by atoms with Gasteiger partial charge in [-0.05, 0) is 31.5 Å². The number of nitrogens with zero attached hydrogens (tertiary/aromatic N) is 3. The average Bonchev–Trinajstić information content (AvgIpc) is 2.83. The zero-order chi connectivity index (χ0) is 25.6. The zero-order valence-electron chi connectivity index (χ0n) is 19.4. The fraction of sp³-hybridized carbons (Fsp3) is 0.391. The Kier molecular flexibility index (Phi) is 8.41. The van der Waals surface area contributed by atoms with Crippen molar-refractivity contribution in [1.29, 1.82) is 0 Å². The number of carbonyl (C=O) groups is 2. The van der Waals surface area contributed by atoms with E-state index < -0.39 is 39.1 Å². The number of hydrogen-bond donors (Lipinski definition) is 0. The van der Waals surface area contributed by atoms with Gasteiger partial charge in [0.05, 0.1) is 28.9 Å². The van der Waals surface area contributed by atoms with Crippen LogP contribution in [0.1, 0.15) is 25.8 Å². The first-order chi connectivity index (χ1) is 16.6. The molecule has 1 saturated heterocycles. The van der Waals surface area contributed by atoms with Crippen molar-refractivity contribution >= 4 is 27.8 Å². The summed E-state index contributed by atoms with van der Waals surface area (Å²) in [6.45, 7) is 3.28. The number of ether oxygens (including phenoxy) is 2. The number of sulfonamides is 1. The molecular weight excluding hydrogens is 478 g/mol. The molecule has 0 bridgehead atoms. The standard InChI is InChI=1S/C23H27N3O8S/c1-3-33-22(27)13-20-15-24(35(31,32)21-11-9-19(10-12-21)26(29)30)14-17(2)25(20)23(28)34-16-18-7-5-4-6-8-18/h4-12,17,20H,3,13-16H2,1-2H3/t17-,20-/m0/s1. The van der Waals surface area contributed by atoms with E-state index in [4.69, 9.17) is 9.47 Å². The molecule has 1 aliphatic rings. The molecule has 2 aromatic carbocycles. The lowest BCUT2D eigenvalue weighted by Gasteiger charge is -2.43. The molecule has 11 nitrogen and oxygen atoms in total. The first-order valence-corrected chi connectivity index (χ1v) is 12.5. The molecule has 3 rings (SSSR count). The first-order valence-electron chi connectivity index (χ1n) is 11.0. The predicted molar refractivity (Wildman–Crippen MR) is 125 cm³/mol. The molecule has 1 amide bonds. The van der Waals surface area contributed by atoms with Crippen LogP contribution in [0, 0.1) is 10.1 Å². The predicted octanol–water partition coefficient (Wildman–Crippen LogP) is 2.95. The maximum absolute atomic E-state index is 13.3. The average molecular weight is 506 g/mol. The normalized spacial score (nSPS) is 18.6. The Labute approximate surface area is 203 Å². The maximum Gasteiger partial charge on any atom is 0.410 e. The summed E-state index contributed by atoms with van der Waals surface area (Å²) in [5.74, 6) is -0.569. The number of esters is 1. The van der Waals surface area contributed by atoms with Crippen LogP contribution in [-0.4, -0.2) is 66.4 Å². The summed E-state index contributed by atoms with van der Waals surface area (Å²) in [5.41, 5.74) is 0.554. The lowest BCUT2D eigenvalue weighted by atomic mass is 10.1. The monoisotopic (exact) mass is 505 g/mol. The van der Waals surface area contributed by atoms with Crippen molar-refractivity contribution in [3.63, 3.8) is 0 Å². The van der Waals surface area contributed by atoms with Gasteiger partial charge in [0.25, 0.3) is 5.69 Å². The first kappa shape index (κ1) is 26.1. The summed E-state index contributed by atoms with van der Waals surface area (Å²) in [6, 6.07) is 12.2. The molecule has 2 atom stereocenters. The molecule has 12 heteroatoms. The van der Waals surface area contributed by atoms with Gasteiger partial charge in [0.2, 0.25) is 10.0 Å². The van der Waals surface area contributed by atoms with E-state index in [1.807, 2.05) is 30.3 Å². The minimum Gasteiger partial charge on any atom is -0.466 e. The van der Waals surface area contributed by atoms with Crippen molar-refractivity contribution in [3.8, 4) is 0 Å². The van der Waals surface area contributed by atoms with Gasteiger partial charge in [-0.3, -0.25) is 19.8 Å². The summed E-state index contributed by atoms with van der Waals surface area (Å²) in [7, 11) is -4.04. The van der Waals surface area contributed by atoms with E-state index in [9.17, 15) is 28.1 Å². The SMILES string of the molecule is CCOC(=O)C[C@H]1CN(S(=O)(=O)c2ccc([N+](=O)[O-])cc2)C[C@H](C)N1C(=O)OCc1ccccc1. The van der Waals surface area contributed by atoms with E-state index in [-0.39, 0.29) is 43.3 Å². The molecule has 1 heterocycles. The van der Waals surface area contributed by atoms with Crippen molar-refractivity contribution in [2.45, 2.75) is 43.9 Å². The van der Waals surface area contributed by atoms with Gasteiger partial charge in [-0.2, -0.15) is 4.31 Å². The van der Waals surface area contributed by atoms with E-state index in [1.165, 1.54) is 21.3 Å². The van der Waals surface area contributed by atoms with Crippen molar-refractivity contribution < 1.29 is 32.4 Å². The maximum atomic E-state index is 13.3. The van der Waals surface area contributed by atoms with Gasteiger partial charge >= 0.3 is 12.1 Å². The Morgan fingerprint density at radius 2 is 1.71 bits per heavy atom. The number of piperazine rings is 1. The largest absolute Gasteiger partial charge is 0.466 e. The molecule has 1 aliphatic heterocycles. The molecule has 1 fully saturated rings. The molecule has 2 aromatic rings. The third-order valence-electron chi connectivity index (χ3n) is 5.56. The molecule has 0 aromatic heterocycles. The third kappa shape index (κ3) is 6.34. The van der Waals surface area contributed by atoms with Gasteiger partial charge in [-0.25, -0.2) is 13.2 Å². The Bertz CT molecular complexity index is 1160. The van der Waals surface area contributed by atoms with Crippen LogP contribution in [-0.2, 0) is 30.9 Å². The van der Waals surface area contributed by atoms with Crippen LogP contribution < -0.4 is 0 Å².